The third kappa shape index (κ3) is 3.56. The fraction of sp³-hybridized carbons (Fsp3) is 0.300. The second-order valence-electron chi connectivity index (χ2n) is 2.74. The molecule has 14 heavy (non-hydrogen) atoms. The van der Waals surface area contributed by atoms with Crippen LogP contribution in [0.4, 0.5) is 5.82 Å². The first-order valence-corrected chi connectivity index (χ1v) is 5.19. The SMILES string of the molecule is CC/C=C/CNc1ncc(Cl)cc1Cl. The summed E-state index contributed by atoms with van der Waals surface area (Å²) in [7, 11) is 0. The van der Waals surface area contributed by atoms with Gasteiger partial charge in [-0.2, -0.15) is 0 Å². The highest BCUT2D eigenvalue weighted by Gasteiger charge is 2.00. The minimum absolute atomic E-state index is 0.544. The van der Waals surface area contributed by atoms with E-state index in [-0.39, 0.29) is 0 Å². The average Bonchev–Trinajstić information content (AvgIpc) is 2.15. The average molecular weight is 231 g/mol. The van der Waals surface area contributed by atoms with Crippen molar-refractivity contribution in [2.75, 3.05) is 11.9 Å². The Morgan fingerprint density at radius 3 is 2.86 bits per heavy atom. The Morgan fingerprint density at radius 1 is 1.43 bits per heavy atom. The Morgan fingerprint density at radius 2 is 2.21 bits per heavy atom. The number of nitrogens with one attached hydrogen (secondary N) is 1. The van der Waals surface area contributed by atoms with E-state index in [0.29, 0.717) is 15.9 Å². The molecule has 0 radical (unpaired) electrons. The molecule has 0 atom stereocenters. The first-order valence-electron chi connectivity index (χ1n) is 4.44. The quantitative estimate of drug-likeness (QED) is 0.798. The predicted molar refractivity (Wildman–Crippen MR) is 62.2 cm³/mol. The largest absolute Gasteiger partial charge is 0.365 e. The summed E-state index contributed by atoms with van der Waals surface area (Å²) in [6, 6.07) is 1.67. The van der Waals surface area contributed by atoms with Crippen molar-refractivity contribution in [1.29, 1.82) is 0 Å². The highest BCUT2D eigenvalue weighted by molar-refractivity contribution is 6.35. The van der Waals surface area contributed by atoms with Crippen LogP contribution in [0.25, 0.3) is 0 Å². The first kappa shape index (κ1) is 11.3. The Labute approximate surface area is 93.9 Å². The molecule has 1 N–H and O–H groups in total. The van der Waals surface area contributed by atoms with Gasteiger partial charge in [0.05, 0.1) is 10.0 Å². The van der Waals surface area contributed by atoms with E-state index in [2.05, 4.69) is 23.3 Å². The van der Waals surface area contributed by atoms with Gasteiger partial charge in [0.25, 0.3) is 0 Å². The van der Waals surface area contributed by atoms with Gasteiger partial charge in [-0.05, 0) is 12.5 Å². The van der Waals surface area contributed by atoms with Crippen LogP contribution in [0, 0.1) is 0 Å². The van der Waals surface area contributed by atoms with Crippen molar-refractivity contribution in [2.45, 2.75) is 13.3 Å². The first-order chi connectivity index (χ1) is 6.74. The number of halogens is 2. The number of hydrogen-bond donors (Lipinski definition) is 1. The summed E-state index contributed by atoms with van der Waals surface area (Å²) in [6.07, 6.45) is 6.71. The van der Waals surface area contributed by atoms with Crippen LogP contribution in [0.15, 0.2) is 24.4 Å². The Balaban J connectivity index is 2.55. The van der Waals surface area contributed by atoms with E-state index in [1.807, 2.05) is 6.08 Å². The van der Waals surface area contributed by atoms with Crippen LogP contribution in [-0.2, 0) is 0 Å². The molecule has 0 unspecified atom stereocenters. The van der Waals surface area contributed by atoms with Crippen molar-refractivity contribution in [3.63, 3.8) is 0 Å². The molecule has 0 spiro atoms. The van der Waals surface area contributed by atoms with E-state index in [0.717, 1.165) is 13.0 Å². The van der Waals surface area contributed by atoms with Gasteiger partial charge >= 0.3 is 0 Å². The van der Waals surface area contributed by atoms with Crippen LogP contribution in [0.5, 0.6) is 0 Å². The summed E-state index contributed by atoms with van der Waals surface area (Å²) in [5.74, 6) is 0.664. The van der Waals surface area contributed by atoms with Crippen LogP contribution in [0.1, 0.15) is 13.3 Å². The molecular weight excluding hydrogens is 219 g/mol. The maximum absolute atomic E-state index is 5.91. The molecule has 4 heteroatoms. The van der Waals surface area contributed by atoms with E-state index in [4.69, 9.17) is 23.2 Å². The van der Waals surface area contributed by atoms with Gasteiger partial charge in [0, 0.05) is 12.7 Å². The lowest BCUT2D eigenvalue weighted by Gasteiger charge is -2.04. The molecule has 2 nitrogen and oxygen atoms in total. The van der Waals surface area contributed by atoms with Gasteiger partial charge in [0.1, 0.15) is 5.82 Å². The summed E-state index contributed by atoms with van der Waals surface area (Å²) in [6.45, 7) is 2.81. The summed E-state index contributed by atoms with van der Waals surface area (Å²) in [5.41, 5.74) is 0. The molecule has 0 bridgehead atoms. The molecule has 1 aromatic rings. The normalized spacial score (nSPS) is 10.8. The van der Waals surface area contributed by atoms with Crippen LogP contribution < -0.4 is 5.32 Å². The molecular formula is C10H12Cl2N2. The van der Waals surface area contributed by atoms with Crippen molar-refractivity contribution < 1.29 is 0 Å². The zero-order chi connectivity index (χ0) is 10.4. The topological polar surface area (TPSA) is 24.9 Å². The second kappa shape index (κ2) is 5.89. The molecule has 1 aromatic heterocycles. The molecule has 1 heterocycles. The molecule has 0 fully saturated rings. The number of rotatable bonds is 4. The zero-order valence-corrected chi connectivity index (χ0v) is 9.44. The molecule has 0 amide bonds. The van der Waals surface area contributed by atoms with Crippen molar-refractivity contribution >= 4 is 29.0 Å². The molecule has 0 aliphatic heterocycles. The molecule has 1 rings (SSSR count). The Hall–Kier alpha value is -0.730. The molecule has 0 aliphatic rings. The zero-order valence-electron chi connectivity index (χ0n) is 7.93. The van der Waals surface area contributed by atoms with Crippen LogP contribution in [-0.4, -0.2) is 11.5 Å². The van der Waals surface area contributed by atoms with Gasteiger partial charge in [-0.25, -0.2) is 4.98 Å². The highest BCUT2D eigenvalue weighted by atomic mass is 35.5. The molecule has 0 aliphatic carbocycles. The standard InChI is InChI=1S/C10H12Cl2N2/c1-2-3-4-5-13-10-9(12)6-8(11)7-14-10/h3-4,6-7H,2,5H2,1H3,(H,13,14)/b4-3+. The van der Waals surface area contributed by atoms with Crippen LogP contribution >= 0.6 is 23.2 Å². The van der Waals surface area contributed by atoms with Crippen molar-refractivity contribution in [1.82, 2.24) is 4.98 Å². The van der Waals surface area contributed by atoms with Crippen molar-refractivity contribution in [2.24, 2.45) is 0 Å². The third-order valence-corrected chi connectivity index (χ3v) is 2.09. The van der Waals surface area contributed by atoms with Gasteiger partial charge in [0.2, 0.25) is 0 Å². The lowest BCUT2D eigenvalue weighted by molar-refractivity contribution is 1.18. The number of aromatic nitrogens is 1. The van der Waals surface area contributed by atoms with Gasteiger partial charge in [0.15, 0.2) is 0 Å². The lowest BCUT2D eigenvalue weighted by Crippen LogP contribution is -2.00. The fourth-order valence-electron chi connectivity index (χ4n) is 0.950. The molecule has 0 aromatic carbocycles. The van der Waals surface area contributed by atoms with E-state index in [1.165, 1.54) is 0 Å². The number of anilines is 1. The van der Waals surface area contributed by atoms with Gasteiger partial charge < -0.3 is 5.32 Å². The molecule has 76 valence electrons. The van der Waals surface area contributed by atoms with Crippen molar-refractivity contribution in [3.05, 3.63) is 34.5 Å². The van der Waals surface area contributed by atoms with E-state index < -0.39 is 0 Å². The van der Waals surface area contributed by atoms with E-state index in [1.54, 1.807) is 12.3 Å². The maximum Gasteiger partial charge on any atom is 0.145 e. The smallest absolute Gasteiger partial charge is 0.145 e. The summed E-state index contributed by atoms with van der Waals surface area (Å²) >= 11 is 11.6. The van der Waals surface area contributed by atoms with Crippen molar-refractivity contribution in [3.8, 4) is 0 Å². The van der Waals surface area contributed by atoms with Gasteiger partial charge in [-0.15, -0.1) is 0 Å². The van der Waals surface area contributed by atoms with Gasteiger partial charge in [-0.1, -0.05) is 42.3 Å². The maximum atomic E-state index is 5.91. The minimum Gasteiger partial charge on any atom is -0.365 e. The minimum atomic E-state index is 0.544. The van der Waals surface area contributed by atoms with Crippen LogP contribution in [0.2, 0.25) is 10.0 Å². The second-order valence-corrected chi connectivity index (χ2v) is 3.59. The van der Waals surface area contributed by atoms with E-state index in [9.17, 15) is 0 Å². The fourth-order valence-corrected chi connectivity index (χ4v) is 1.40. The number of hydrogen-bond acceptors (Lipinski definition) is 2. The number of pyridine rings is 1. The Kier molecular flexibility index (Phi) is 4.77. The molecule has 0 saturated heterocycles. The Bertz CT molecular complexity index is 324. The predicted octanol–water partition coefficient (Wildman–Crippen LogP) is 3.77. The van der Waals surface area contributed by atoms with Gasteiger partial charge in [-0.3, -0.25) is 0 Å². The third-order valence-electron chi connectivity index (χ3n) is 1.60. The summed E-state index contributed by atoms with van der Waals surface area (Å²) < 4.78 is 0. The summed E-state index contributed by atoms with van der Waals surface area (Å²) in [4.78, 5) is 4.07. The van der Waals surface area contributed by atoms with E-state index >= 15 is 0 Å². The monoisotopic (exact) mass is 230 g/mol. The molecule has 0 saturated carbocycles. The van der Waals surface area contributed by atoms with Crippen LogP contribution in [0.3, 0.4) is 0 Å². The number of nitrogens with zero attached hydrogens (tertiary/aromatic N) is 1. The summed E-state index contributed by atoms with van der Waals surface area (Å²) in [5, 5.41) is 4.18. The number of allylic oxidation sites excluding steroid dienone is 1. The lowest BCUT2D eigenvalue weighted by atomic mass is 10.4. The highest BCUT2D eigenvalue weighted by Crippen LogP contribution is 2.22.